The smallest absolute Gasteiger partial charge is 0.119 e. The first-order valence-corrected chi connectivity index (χ1v) is 10.1. The molecular formula is C19H22Cl2O4S. The molecule has 0 bridgehead atoms. The van der Waals surface area contributed by atoms with E-state index in [1.807, 2.05) is 48.5 Å². The van der Waals surface area contributed by atoms with Crippen molar-refractivity contribution >= 4 is 35.0 Å². The van der Waals surface area contributed by atoms with Gasteiger partial charge in [0.15, 0.2) is 0 Å². The van der Waals surface area contributed by atoms with Gasteiger partial charge < -0.3 is 19.7 Å². The molecule has 2 aromatic rings. The molecule has 0 heterocycles. The number of hydrogen-bond acceptors (Lipinski definition) is 5. The van der Waals surface area contributed by atoms with Gasteiger partial charge in [0.05, 0.1) is 18.6 Å². The van der Waals surface area contributed by atoms with Gasteiger partial charge >= 0.3 is 0 Å². The fourth-order valence-electron chi connectivity index (χ4n) is 1.97. The third-order valence-electron chi connectivity index (χ3n) is 3.40. The first kappa shape index (κ1) is 21.2. The number of hydrogen-bond donors (Lipinski definition) is 2. The lowest BCUT2D eigenvalue weighted by Gasteiger charge is -2.10. The van der Waals surface area contributed by atoms with E-state index >= 15 is 0 Å². The van der Waals surface area contributed by atoms with E-state index < -0.39 is 12.2 Å². The summed E-state index contributed by atoms with van der Waals surface area (Å²) >= 11 is 12.7. The first-order valence-electron chi connectivity index (χ1n) is 8.22. The minimum atomic E-state index is -0.662. The van der Waals surface area contributed by atoms with Crippen molar-refractivity contribution in [1.29, 1.82) is 0 Å². The predicted molar refractivity (Wildman–Crippen MR) is 106 cm³/mol. The summed E-state index contributed by atoms with van der Waals surface area (Å²) in [5.41, 5.74) is 0. The lowest BCUT2D eigenvalue weighted by atomic mass is 10.3. The summed E-state index contributed by atoms with van der Waals surface area (Å²) < 4.78 is 11.0. The Labute approximate surface area is 168 Å². The number of ether oxygens (including phenoxy) is 2. The van der Waals surface area contributed by atoms with Gasteiger partial charge in [0.1, 0.15) is 24.2 Å². The summed E-state index contributed by atoms with van der Waals surface area (Å²) in [5, 5.41) is 18.8. The molecule has 4 nitrogen and oxygen atoms in total. The van der Waals surface area contributed by atoms with Gasteiger partial charge in [-0.15, -0.1) is 23.2 Å². The highest BCUT2D eigenvalue weighted by Crippen LogP contribution is 2.30. The van der Waals surface area contributed by atoms with Gasteiger partial charge in [-0.25, -0.2) is 0 Å². The molecule has 0 aromatic heterocycles. The predicted octanol–water partition coefficient (Wildman–Crippen LogP) is 4.18. The van der Waals surface area contributed by atoms with Crippen LogP contribution in [0.5, 0.6) is 11.5 Å². The zero-order valence-electron chi connectivity index (χ0n) is 14.2. The summed E-state index contributed by atoms with van der Waals surface area (Å²) in [4.78, 5) is 2.17. The van der Waals surface area contributed by atoms with Crippen LogP contribution in [0.3, 0.4) is 0 Å². The van der Waals surface area contributed by atoms with Gasteiger partial charge in [-0.2, -0.15) is 0 Å². The van der Waals surface area contributed by atoms with Crippen molar-refractivity contribution in [1.82, 2.24) is 0 Å². The maximum absolute atomic E-state index is 9.40. The maximum atomic E-state index is 9.40. The van der Waals surface area contributed by atoms with E-state index in [4.69, 9.17) is 32.7 Å². The third kappa shape index (κ3) is 7.64. The minimum absolute atomic E-state index is 0.154. The Morgan fingerprint density at radius 1 is 0.769 bits per heavy atom. The van der Waals surface area contributed by atoms with E-state index in [-0.39, 0.29) is 18.4 Å². The van der Waals surface area contributed by atoms with Crippen LogP contribution in [0.2, 0.25) is 0 Å². The van der Waals surface area contributed by atoms with E-state index in [0.29, 0.717) is 18.8 Å². The number of aliphatic hydroxyl groups excluding tert-OH is 2. The molecule has 0 aliphatic rings. The number of aliphatic hydroxyl groups is 2. The minimum Gasteiger partial charge on any atom is -0.493 e. The zero-order valence-corrected chi connectivity index (χ0v) is 16.5. The third-order valence-corrected chi connectivity index (χ3v) is 5.13. The van der Waals surface area contributed by atoms with E-state index in [1.54, 1.807) is 11.8 Å². The van der Waals surface area contributed by atoms with Crippen LogP contribution < -0.4 is 9.47 Å². The molecule has 2 unspecified atom stereocenters. The topological polar surface area (TPSA) is 58.9 Å². The first-order chi connectivity index (χ1) is 12.6. The number of benzene rings is 2. The average molecular weight is 417 g/mol. The highest BCUT2D eigenvalue weighted by atomic mass is 35.5. The molecule has 0 spiro atoms. The summed E-state index contributed by atoms with van der Waals surface area (Å²) in [5.74, 6) is 1.83. The standard InChI is InChI=1S/C19H22Cl2O4S/c20-11-14(22)9-10-24-16-1-5-18(6-2-16)26-19-7-3-17(4-8-19)25-13-15(23)12-21/h1-8,14-15,22-23H,9-13H2. The molecule has 0 fully saturated rings. The molecule has 2 rings (SSSR count). The zero-order chi connectivity index (χ0) is 18.8. The Balaban J connectivity index is 1.81. The molecule has 0 saturated heterocycles. The Kier molecular flexibility index (Phi) is 9.43. The lowest BCUT2D eigenvalue weighted by molar-refractivity contribution is 0.125. The number of rotatable bonds is 11. The molecule has 2 aromatic carbocycles. The fourth-order valence-corrected chi connectivity index (χ4v) is 3.03. The summed E-state index contributed by atoms with van der Waals surface area (Å²) in [7, 11) is 0. The van der Waals surface area contributed by atoms with E-state index in [9.17, 15) is 10.2 Å². The van der Waals surface area contributed by atoms with Crippen LogP contribution in [0.4, 0.5) is 0 Å². The van der Waals surface area contributed by atoms with Crippen LogP contribution in [-0.4, -0.2) is 47.4 Å². The monoisotopic (exact) mass is 416 g/mol. The van der Waals surface area contributed by atoms with E-state index in [0.717, 1.165) is 15.5 Å². The second kappa shape index (κ2) is 11.6. The normalized spacial score (nSPS) is 13.2. The summed E-state index contributed by atoms with van der Waals surface area (Å²) in [6, 6.07) is 15.4. The average Bonchev–Trinajstić information content (AvgIpc) is 2.68. The van der Waals surface area contributed by atoms with E-state index in [1.165, 1.54) is 0 Å². The van der Waals surface area contributed by atoms with Crippen LogP contribution in [0, 0.1) is 0 Å². The maximum Gasteiger partial charge on any atom is 0.119 e. The molecule has 2 atom stereocenters. The summed E-state index contributed by atoms with van der Waals surface area (Å²) in [6.07, 6.45) is -0.683. The Hall–Kier alpha value is -1.11. The largest absolute Gasteiger partial charge is 0.493 e. The van der Waals surface area contributed by atoms with Crippen molar-refractivity contribution < 1.29 is 19.7 Å². The number of alkyl halides is 2. The molecule has 26 heavy (non-hydrogen) atoms. The SMILES string of the molecule is OC(CCl)CCOc1ccc(Sc2ccc(OCC(O)CCl)cc2)cc1. The molecule has 0 aliphatic carbocycles. The molecule has 2 N–H and O–H groups in total. The van der Waals surface area contributed by atoms with Crippen molar-refractivity contribution in [3.63, 3.8) is 0 Å². The Bertz CT molecular complexity index is 637. The van der Waals surface area contributed by atoms with Crippen LogP contribution in [-0.2, 0) is 0 Å². The second-order valence-corrected chi connectivity index (χ2v) is 7.37. The van der Waals surface area contributed by atoms with Crippen molar-refractivity contribution in [2.45, 2.75) is 28.4 Å². The Morgan fingerprint density at radius 3 is 1.77 bits per heavy atom. The molecule has 0 aliphatic heterocycles. The molecule has 7 heteroatoms. The highest BCUT2D eigenvalue weighted by molar-refractivity contribution is 7.99. The Morgan fingerprint density at radius 2 is 1.27 bits per heavy atom. The highest BCUT2D eigenvalue weighted by Gasteiger charge is 2.05. The van der Waals surface area contributed by atoms with E-state index in [2.05, 4.69) is 0 Å². The van der Waals surface area contributed by atoms with Crippen molar-refractivity contribution in [2.75, 3.05) is 25.0 Å². The van der Waals surface area contributed by atoms with Gasteiger partial charge in [-0.3, -0.25) is 0 Å². The van der Waals surface area contributed by atoms with Crippen molar-refractivity contribution in [3.8, 4) is 11.5 Å². The van der Waals surface area contributed by atoms with Crippen LogP contribution >= 0.6 is 35.0 Å². The molecular weight excluding hydrogens is 395 g/mol. The van der Waals surface area contributed by atoms with Crippen LogP contribution in [0.15, 0.2) is 58.3 Å². The molecule has 0 saturated carbocycles. The van der Waals surface area contributed by atoms with Crippen molar-refractivity contribution in [2.24, 2.45) is 0 Å². The quantitative estimate of drug-likeness (QED) is 0.537. The molecule has 0 amide bonds. The van der Waals surface area contributed by atoms with Crippen molar-refractivity contribution in [3.05, 3.63) is 48.5 Å². The molecule has 0 radical (unpaired) electrons. The van der Waals surface area contributed by atoms with Gasteiger partial charge in [0.2, 0.25) is 0 Å². The van der Waals surface area contributed by atoms with Gasteiger partial charge in [0, 0.05) is 22.1 Å². The van der Waals surface area contributed by atoms with Gasteiger partial charge in [-0.05, 0) is 48.5 Å². The fraction of sp³-hybridized carbons (Fsp3) is 0.368. The van der Waals surface area contributed by atoms with Crippen LogP contribution in [0.25, 0.3) is 0 Å². The summed E-state index contributed by atoms with van der Waals surface area (Å²) in [6.45, 7) is 0.611. The van der Waals surface area contributed by atoms with Gasteiger partial charge in [-0.1, -0.05) is 11.8 Å². The lowest BCUT2D eigenvalue weighted by Crippen LogP contribution is -2.18. The number of halogens is 2. The molecule has 142 valence electrons. The van der Waals surface area contributed by atoms with Gasteiger partial charge in [0.25, 0.3) is 0 Å². The van der Waals surface area contributed by atoms with Crippen LogP contribution in [0.1, 0.15) is 6.42 Å². The second-order valence-electron chi connectivity index (χ2n) is 5.61.